The van der Waals surface area contributed by atoms with Crippen LogP contribution in [0, 0.1) is 0 Å². The number of carbonyl (C=O) groups is 1. The van der Waals surface area contributed by atoms with E-state index in [2.05, 4.69) is 15.3 Å². The summed E-state index contributed by atoms with van der Waals surface area (Å²) < 4.78 is 0. The van der Waals surface area contributed by atoms with Crippen molar-refractivity contribution in [1.82, 2.24) is 9.97 Å². The van der Waals surface area contributed by atoms with Crippen molar-refractivity contribution in [3.8, 4) is 0 Å². The van der Waals surface area contributed by atoms with Gasteiger partial charge in [-0.1, -0.05) is 24.3 Å². The molecule has 0 bridgehead atoms. The quantitative estimate of drug-likeness (QED) is 0.768. The van der Waals surface area contributed by atoms with Crippen molar-refractivity contribution in [2.24, 2.45) is 0 Å². The fraction of sp³-hybridized carbons (Fsp3) is 0.0625. The number of carboxylic acids is 1. The molecule has 0 fully saturated rings. The van der Waals surface area contributed by atoms with Crippen LogP contribution in [0.25, 0.3) is 10.8 Å². The second kappa shape index (κ2) is 5.58. The minimum absolute atomic E-state index is 0.304. The van der Waals surface area contributed by atoms with Crippen molar-refractivity contribution in [3.63, 3.8) is 0 Å². The number of nitrogens with zero attached hydrogens (tertiary/aromatic N) is 2. The lowest BCUT2D eigenvalue weighted by Gasteiger charge is -2.11. The predicted octanol–water partition coefficient (Wildman–Crippen LogP) is 2.94. The molecule has 2 N–H and O–H groups in total. The third kappa shape index (κ3) is 2.67. The van der Waals surface area contributed by atoms with Crippen molar-refractivity contribution in [2.45, 2.75) is 6.54 Å². The van der Waals surface area contributed by atoms with Gasteiger partial charge in [-0.15, -0.1) is 0 Å². The second-order valence-electron chi connectivity index (χ2n) is 4.57. The molecule has 3 rings (SSSR count). The lowest BCUT2D eigenvalue weighted by molar-refractivity contribution is 0.0699. The Morgan fingerprint density at radius 2 is 1.90 bits per heavy atom. The van der Waals surface area contributed by atoms with Crippen molar-refractivity contribution in [3.05, 3.63) is 66.2 Å². The van der Waals surface area contributed by atoms with Crippen LogP contribution < -0.4 is 5.32 Å². The number of rotatable bonds is 4. The van der Waals surface area contributed by atoms with Gasteiger partial charge in [0.2, 0.25) is 0 Å². The number of anilines is 1. The van der Waals surface area contributed by atoms with E-state index in [0.29, 0.717) is 12.1 Å². The van der Waals surface area contributed by atoms with E-state index < -0.39 is 5.97 Å². The zero-order valence-electron chi connectivity index (χ0n) is 11.2. The fourth-order valence-electron chi connectivity index (χ4n) is 2.25. The monoisotopic (exact) mass is 279 g/mol. The molecule has 3 aromatic rings. The smallest absolute Gasteiger partial charge is 0.336 e. The summed E-state index contributed by atoms with van der Waals surface area (Å²) in [6, 6.07) is 12.7. The first-order valence-electron chi connectivity index (χ1n) is 6.49. The number of hydrogen-bond donors (Lipinski definition) is 2. The molecule has 0 spiro atoms. The largest absolute Gasteiger partial charge is 0.478 e. The highest BCUT2D eigenvalue weighted by molar-refractivity contribution is 6.07. The number of aromatic carboxylic acids is 1. The van der Waals surface area contributed by atoms with Gasteiger partial charge >= 0.3 is 5.97 Å². The number of aromatic nitrogens is 2. The number of carboxylic acid groups (broad SMARTS) is 1. The Hall–Kier alpha value is -2.95. The highest BCUT2D eigenvalue weighted by Crippen LogP contribution is 2.27. The van der Waals surface area contributed by atoms with Gasteiger partial charge in [0.15, 0.2) is 0 Å². The van der Waals surface area contributed by atoms with E-state index in [1.807, 2.05) is 30.3 Å². The van der Waals surface area contributed by atoms with Gasteiger partial charge in [0.05, 0.1) is 17.8 Å². The number of hydrogen-bond acceptors (Lipinski definition) is 4. The lowest BCUT2D eigenvalue weighted by Crippen LogP contribution is -2.04. The van der Waals surface area contributed by atoms with Crippen LogP contribution in [0.3, 0.4) is 0 Å². The zero-order chi connectivity index (χ0) is 14.7. The van der Waals surface area contributed by atoms with Gasteiger partial charge in [-0.25, -0.2) is 14.8 Å². The first-order valence-corrected chi connectivity index (χ1v) is 6.49. The molecule has 2 aromatic carbocycles. The molecular formula is C16H13N3O2. The first-order chi connectivity index (χ1) is 10.3. The first kappa shape index (κ1) is 13.1. The minimum atomic E-state index is -0.923. The Morgan fingerprint density at radius 1 is 1.10 bits per heavy atom. The summed E-state index contributed by atoms with van der Waals surface area (Å²) in [5.74, 6) is -0.923. The molecule has 5 heteroatoms. The topological polar surface area (TPSA) is 75.1 Å². The van der Waals surface area contributed by atoms with E-state index in [0.717, 1.165) is 22.2 Å². The Balaban J connectivity index is 1.96. The van der Waals surface area contributed by atoms with Crippen molar-refractivity contribution in [1.29, 1.82) is 0 Å². The molecule has 1 heterocycles. The van der Waals surface area contributed by atoms with E-state index in [4.69, 9.17) is 0 Å². The van der Waals surface area contributed by atoms with Crippen molar-refractivity contribution in [2.75, 3.05) is 5.32 Å². The average molecular weight is 279 g/mol. The van der Waals surface area contributed by atoms with Gasteiger partial charge in [0.25, 0.3) is 0 Å². The van der Waals surface area contributed by atoms with E-state index in [-0.39, 0.29) is 0 Å². The molecule has 1 aromatic heterocycles. The Morgan fingerprint density at radius 3 is 2.62 bits per heavy atom. The normalized spacial score (nSPS) is 10.5. The van der Waals surface area contributed by atoms with Crippen LogP contribution in [0.4, 0.5) is 5.69 Å². The highest BCUT2D eigenvalue weighted by Gasteiger charge is 2.10. The Bertz CT molecular complexity index is 788. The SMILES string of the molecule is O=C(O)c1ccc(NCc2ccncn2)c2ccccc12. The van der Waals surface area contributed by atoms with Gasteiger partial charge in [-0.05, 0) is 23.6 Å². The van der Waals surface area contributed by atoms with Crippen LogP contribution >= 0.6 is 0 Å². The molecule has 0 aliphatic carbocycles. The van der Waals surface area contributed by atoms with Gasteiger partial charge in [-0.3, -0.25) is 0 Å². The third-order valence-electron chi connectivity index (χ3n) is 3.26. The fourth-order valence-corrected chi connectivity index (χ4v) is 2.25. The van der Waals surface area contributed by atoms with Crippen LogP contribution in [-0.4, -0.2) is 21.0 Å². The molecule has 0 radical (unpaired) electrons. The standard InChI is InChI=1S/C16H13N3O2/c20-16(21)14-5-6-15(13-4-2-1-3-12(13)14)18-9-11-7-8-17-10-19-11/h1-8,10,18H,9H2,(H,20,21). The summed E-state index contributed by atoms with van der Waals surface area (Å²) in [4.78, 5) is 19.3. The molecule has 0 saturated carbocycles. The highest BCUT2D eigenvalue weighted by atomic mass is 16.4. The molecule has 0 unspecified atom stereocenters. The van der Waals surface area contributed by atoms with Crippen LogP contribution in [0.5, 0.6) is 0 Å². The van der Waals surface area contributed by atoms with Crippen LogP contribution in [0.15, 0.2) is 55.0 Å². The summed E-state index contributed by atoms with van der Waals surface area (Å²) in [5, 5.41) is 14.1. The van der Waals surface area contributed by atoms with Crippen LogP contribution in [0.1, 0.15) is 16.1 Å². The van der Waals surface area contributed by atoms with Gasteiger partial charge in [-0.2, -0.15) is 0 Å². The minimum Gasteiger partial charge on any atom is -0.478 e. The van der Waals surface area contributed by atoms with E-state index in [1.54, 1.807) is 18.3 Å². The summed E-state index contributed by atoms with van der Waals surface area (Å²) >= 11 is 0. The van der Waals surface area contributed by atoms with Gasteiger partial charge in [0.1, 0.15) is 6.33 Å². The number of benzene rings is 2. The maximum absolute atomic E-state index is 11.3. The Kier molecular flexibility index (Phi) is 3.47. The molecule has 5 nitrogen and oxygen atoms in total. The lowest BCUT2D eigenvalue weighted by atomic mass is 10.0. The molecule has 21 heavy (non-hydrogen) atoms. The summed E-state index contributed by atoms with van der Waals surface area (Å²) in [5.41, 5.74) is 2.06. The van der Waals surface area contributed by atoms with Gasteiger partial charge in [0, 0.05) is 17.3 Å². The van der Waals surface area contributed by atoms with E-state index in [1.165, 1.54) is 6.33 Å². The molecule has 0 aliphatic heterocycles. The number of fused-ring (bicyclic) bond motifs is 1. The predicted molar refractivity (Wildman–Crippen MR) is 80.3 cm³/mol. The van der Waals surface area contributed by atoms with Crippen LogP contribution in [0.2, 0.25) is 0 Å². The molecule has 0 atom stereocenters. The molecule has 0 amide bonds. The maximum Gasteiger partial charge on any atom is 0.336 e. The molecule has 0 aliphatic rings. The van der Waals surface area contributed by atoms with Gasteiger partial charge < -0.3 is 10.4 Å². The van der Waals surface area contributed by atoms with Crippen molar-refractivity contribution < 1.29 is 9.90 Å². The molecule has 104 valence electrons. The summed E-state index contributed by atoms with van der Waals surface area (Å²) in [6.45, 7) is 0.554. The molecule has 0 saturated heterocycles. The van der Waals surface area contributed by atoms with E-state index in [9.17, 15) is 9.90 Å². The third-order valence-corrected chi connectivity index (χ3v) is 3.26. The van der Waals surface area contributed by atoms with Crippen LogP contribution in [-0.2, 0) is 6.54 Å². The Labute approximate surface area is 121 Å². The second-order valence-corrected chi connectivity index (χ2v) is 4.57. The summed E-state index contributed by atoms with van der Waals surface area (Å²) in [6.07, 6.45) is 3.19. The number of nitrogens with one attached hydrogen (secondary N) is 1. The van der Waals surface area contributed by atoms with Crippen molar-refractivity contribution >= 4 is 22.4 Å². The maximum atomic E-state index is 11.3. The average Bonchev–Trinajstić information content (AvgIpc) is 2.53. The van der Waals surface area contributed by atoms with E-state index >= 15 is 0 Å². The molecular weight excluding hydrogens is 266 g/mol. The zero-order valence-corrected chi connectivity index (χ0v) is 11.2. The summed E-state index contributed by atoms with van der Waals surface area (Å²) in [7, 11) is 0.